The number of carbonyl (C=O) groups excluding carboxylic acids is 1. The third-order valence-corrected chi connectivity index (χ3v) is 3.74. The Kier molecular flexibility index (Phi) is 1.91. The van der Waals surface area contributed by atoms with E-state index in [-0.39, 0.29) is 17.7 Å². The van der Waals surface area contributed by atoms with Gasteiger partial charge in [-0.2, -0.15) is 0 Å². The topological polar surface area (TPSA) is 17.1 Å². The standard InChI is InChI=1S/C13H13FO/c14-10-5-4-8-6-9-2-1-3-11(13(9)15)12(8)7-10/h4-5,7,9,11H,1-3,6H2. The lowest BCUT2D eigenvalue weighted by Gasteiger charge is -2.34. The van der Waals surface area contributed by atoms with E-state index < -0.39 is 0 Å². The fourth-order valence-corrected chi connectivity index (χ4v) is 2.99. The van der Waals surface area contributed by atoms with Gasteiger partial charge in [0.15, 0.2) is 0 Å². The van der Waals surface area contributed by atoms with E-state index in [1.165, 1.54) is 11.6 Å². The van der Waals surface area contributed by atoms with E-state index in [0.29, 0.717) is 5.78 Å². The lowest BCUT2D eigenvalue weighted by atomic mass is 9.68. The molecule has 0 heterocycles. The summed E-state index contributed by atoms with van der Waals surface area (Å²) in [7, 11) is 0. The molecule has 2 aliphatic rings. The molecule has 0 aliphatic heterocycles. The van der Waals surface area contributed by atoms with Crippen molar-refractivity contribution >= 4 is 5.78 Å². The first-order chi connectivity index (χ1) is 7.25. The number of benzene rings is 1. The molecule has 0 aromatic heterocycles. The van der Waals surface area contributed by atoms with Crippen LogP contribution < -0.4 is 0 Å². The highest BCUT2D eigenvalue weighted by Crippen LogP contribution is 2.41. The molecule has 0 N–H and O–H groups in total. The maximum absolute atomic E-state index is 13.1. The molecule has 0 radical (unpaired) electrons. The van der Waals surface area contributed by atoms with Crippen molar-refractivity contribution in [2.24, 2.45) is 5.92 Å². The third-order valence-electron chi connectivity index (χ3n) is 3.74. The number of Topliss-reactive ketones (excluding diaryl/α,β-unsaturated/α-hetero) is 1. The molecule has 2 heteroatoms. The van der Waals surface area contributed by atoms with E-state index >= 15 is 0 Å². The number of hydrogen-bond donors (Lipinski definition) is 0. The predicted molar refractivity (Wildman–Crippen MR) is 55.2 cm³/mol. The van der Waals surface area contributed by atoms with Crippen LogP contribution >= 0.6 is 0 Å². The average molecular weight is 204 g/mol. The van der Waals surface area contributed by atoms with Crippen molar-refractivity contribution < 1.29 is 9.18 Å². The Morgan fingerprint density at radius 3 is 3.00 bits per heavy atom. The number of carbonyl (C=O) groups is 1. The van der Waals surface area contributed by atoms with E-state index in [4.69, 9.17) is 0 Å². The summed E-state index contributed by atoms with van der Waals surface area (Å²) in [4.78, 5) is 12.0. The van der Waals surface area contributed by atoms with Crippen LogP contribution in [0, 0.1) is 11.7 Å². The van der Waals surface area contributed by atoms with Crippen molar-refractivity contribution in [1.82, 2.24) is 0 Å². The molecule has 1 aromatic carbocycles. The van der Waals surface area contributed by atoms with Crippen molar-refractivity contribution in [2.45, 2.75) is 31.6 Å². The molecule has 1 saturated carbocycles. The van der Waals surface area contributed by atoms with Gasteiger partial charge in [-0.15, -0.1) is 0 Å². The minimum absolute atomic E-state index is 0.0109. The highest BCUT2D eigenvalue weighted by Gasteiger charge is 2.37. The molecular weight excluding hydrogens is 191 g/mol. The second kappa shape index (κ2) is 3.16. The van der Waals surface area contributed by atoms with E-state index in [9.17, 15) is 9.18 Å². The Morgan fingerprint density at radius 1 is 1.27 bits per heavy atom. The van der Waals surface area contributed by atoms with Crippen molar-refractivity contribution in [2.75, 3.05) is 0 Å². The quantitative estimate of drug-likeness (QED) is 0.635. The number of ketones is 1. The van der Waals surface area contributed by atoms with Crippen LogP contribution in [-0.4, -0.2) is 5.78 Å². The molecule has 3 rings (SSSR count). The predicted octanol–water partition coefficient (Wildman–Crippen LogP) is 2.83. The molecule has 15 heavy (non-hydrogen) atoms. The van der Waals surface area contributed by atoms with Crippen LogP contribution in [0.3, 0.4) is 0 Å². The molecule has 1 nitrogen and oxygen atoms in total. The summed E-state index contributed by atoms with van der Waals surface area (Å²) in [6.07, 6.45) is 3.86. The van der Waals surface area contributed by atoms with Crippen molar-refractivity contribution in [3.8, 4) is 0 Å². The fourth-order valence-electron chi connectivity index (χ4n) is 2.99. The zero-order valence-corrected chi connectivity index (χ0v) is 8.50. The maximum atomic E-state index is 13.1. The van der Waals surface area contributed by atoms with Crippen LogP contribution in [0.2, 0.25) is 0 Å². The number of fused-ring (bicyclic) bond motifs is 4. The zero-order valence-electron chi connectivity index (χ0n) is 8.50. The van der Waals surface area contributed by atoms with Crippen LogP contribution in [0.5, 0.6) is 0 Å². The third kappa shape index (κ3) is 1.31. The van der Waals surface area contributed by atoms with Gasteiger partial charge in [0.05, 0.1) is 0 Å². The summed E-state index contributed by atoms with van der Waals surface area (Å²) < 4.78 is 13.1. The van der Waals surface area contributed by atoms with Crippen LogP contribution in [0.4, 0.5) is 4.39 Å². The second-order valence-electron chi connectivity index (χ2n) is 4.63. The minimum atomic E-state index is -0.217. The molecule has 2 atom stereocenters. The monoisotopic (exact) mass is 204 g/mol. The summed E-state index contributed by atoms with van der Waals surface area (Å²) in [6, 6.07) is 4.91. The fraction of sp³-hybridized carbons (Fsp3) is 0.462. The molecule has 1 aromatic rings. The van der Waals surface area contributed by atoms with Gasteiger partial charge in [-0.25, -0.2) is 4.39 Å². The lowest BCUT2D eigenvalue weighted by molar-refractivity contribution is -0.126. The van der Waals surface area contributed by atoms with Crippen LogP contribution in [0.15, 0.2) is 18.2 Å². The van der Waals surface area contributed by atoms with E-state index in [0.717, 1.165) is 31.2 Å². The first-order valence-corrected chi connectivity index (χ1v) is 5.58. The normalized spacial score (nSPS) is 28.7. The van der Waals surface area contributed by atoms with E-state index in [1.807, 2.05) is 6.07 Å². The largest absolute Gasteiger partial charge is 0.299 e. The molecule has 0 spiro atoms. The van der Waals surface area contributed by atoms with Gasteiger partial charge in [-0.1, -0.05) is 12.5 Å². The Bertz CT molecular complexity index is 425. The van der Waals surface area contributed by atoms with E-state index in [1.54, 1.807) is 6.07 Å². The summed E-state index contributed by atoms with van der Waals surface area (Å²) in [5.41, 5.74) is 2.14. The highest BCUT2D eigenvalue weighted by atomic mass is 19.1. The molecule has 2 aliphatic carbocycles. The second-order valence-corrected chi connectivity index (χ2v) is 4.63. The molecule has 0 saturated heterocycles. The molecule has 2 unspecified atom stereocenters. The van der Waals surface area contributed by atoms with Crippen molar-refractivity contribution in [3.63, 3.8) is 0 Å². The van der Waals surface area contributed by atoms with Gasteiger partial charge in [0.2, 0.25) is 0 Å². The Labute approximate surface area is 88.3 Å². The number of hydrogen-bond acceptors (Lipinski definition) is 1. The SMILES string of the molecule is O=C1C2CCCC1c1cc(F)ccc1C2. The number of rotatable bonds is 0. The smallest absolute Gasteiger partial charge is 0.143 e. The van der Waals surface area contributed by atoms with Gasteiger partial charge >= 0.3 is 0 Å². The minimum Gasteiger partial charge on any atom is -0.299 e. The Morgan fingerprint density at radius 2 is 2.13 bits per heavy atom. The summed E-state index contributed by atoms with van der Waals surface area (Å²) in [5, 5.41) is 0. The maximum Gasteiger partial charge on any atom is 0.143 e. The van der Waals surface area contributed by atoms with Gasteiger partial charge in [0.25, 0.3) is 0 Å². The zero-order chi connectivity index (χ0) is 10.4. The summed E-state index contributed by atoms with van der Waals surface area (Å²) in [6.45, 7) is 0. The van der Waals surface area contributed by atoms with Crippen LogP contribution in [-0.2, 0) is 11.2 Å². The van der Waals surface area contributed by atoms with Crippen molar-refractivity contribution in [3.05, 3.63) is 35.1 Å². The van der Waals surface area contributed by atoms with Gasteiger partial charge in [-0.05, 0) is 42.5 Å². The first kappa shape index (κ1) is 9.08. The summed E-state index contributed by atoms with van der Waals surface area (Å²) in [5.74, 6) is 0.329. The molecule has 1 fully saturated rings. The molecular formula is C13H13FO. The number of halogens is 1. The van der Waals surface area contributed by atoms with Gasteiger partial charge < -0.3 is 0 Å². The van der Waals surface area contributed by atoms with Gasteiger partial charge in [0.1, 0.15) is 11.6 Å². The van der Waals surface area contributed by atoms with Gasteiger partial charge in [-0.3, -0.25) is 4.79 Å². The average Bonchev–Trinajstić information content (AvgIpc) is 2.20. The lowest BCUT2D eigenvalue weighted by Crippen LogP contribution is -2.33. The molecule has 2 bridgehead atoms. The van der Waals surface area contributed by atoms with Gasteiger partial charge in [0, 0.05) is 11.8 Å². The highest BCUT2D eigenvalue weighted by molar-refractivity contribution is 5.90. The van der Waals surface area contributed by atoms with Crippen LogP contribution in [0.1, 0.15) is 36.3 Å². The molecule has 0 amide bonds. The first-order valence-electron chi connectivity index (χ1n) is 5.58. The Balaban J connectivity index is 2.13. The summed E-state index contributed by atoms with van der Waals surface area (Å²) >= 11 is 0. The Hall–Kier alpha value is -1.18. The van der Waals surface area contributed by atoms with Crippen molar-refractivity contribution in [1.29, 1.82) is 0 Å². The molecule has 78 valence electrons. The van der Waals surface area contributed by atoms with Crippen LogP contribution in [0.25, 0.3) is 0 Å². The van der Waals surface area contributed by atoms with E-state index in [2.05, 4.69) is 0 Å².